The zero-order valence-corrected chi connectivity index (χ0v) is 11.2. The topological polar surface area (TPSA) is 42.1 Å². The van der Waals surface area contributed by atoms with Crippen molar-refractivity contribution in [3.05, 3.63) is 66.0 Å². The van der Waals surface area contributed by atoms with Crippen molar-refractivity contribution in [1.29, 1.82) is 0 Å². The molecule has 0 radical (unpaired) electrons. The highest BCUT2D eigenvalue weighted by molar-refractivity contribution is 5.15. The predicted octanol–water partition coefficient (Wildman–Crippen LogP) is 2.08. The smallest absolute Gasteiger partial charge is 0.0271 e. The molecule has 19 heavy (non-hydrogen) atoms. The third-order valence-electron chi connectivity index (χ3n) is 3.16. The lowest BCUT2D eigenvalue weighted by atomic mass is 10.1. The van der Waals surface area contributed by atoms with Crippen LogP contribution in [-0.4, -0.2) is 29.5 Å². The summed E-state index contributed by atoms with van der Waals surface area (Å²) in [5.74, 6) is 0. The molecule has 0 atom stereocenters. The van der Waals surface area contributed by atoms with Crippen LogP contribution in [0.1, 0.15) is 11.1 Å². The Kier molecular flexibility index (Phi) is 5.53. The molecule has 2 N–H and O–H groups in total. The van der Waals surface area contributed by atoms with Crippen molar-refractivity contribution in [2.75, 3.05) is 19.6 Å². The second-order valence-corrected chi connectivity index (χ2v) is 4.66. The molecule has 0 fully saturated rings. The van der Waals surface area contributed by atoms with E-state index in [1.54, 1.807) is 0 Å². The highest BCUT2D eigenvalue weighted by atomic mass is 15.1. The zero-order chi connectivity index (χ0) is 13.3. The van der Waals surface area contributed by atoms with Gasteiger partial charge < -0.3 is 5.73 Å². The normalized spacial score (nSPS) is 10.8. The molecule has 0 saturated heterocycles. The Morgan fingerprint density at radius 2 is 1.63 bits per heavy atom. The van der Waals surface area contributed by atoms with E-state index in [1.807, 2.05) is 12.4 Å². The summed E-state index contributed by atoms with van der Waals surface area (Å²) in [6, 6.07) is 14.7. The molecule has 3 heteroatoms. The molecular weight excluding hydrogens is 234 g/mol. The van der Waals surface area contributed by atoms with Crippen LogP contribution in [0.2, 0.25) is 0 Å². The standard InChI is InChI=1S/C16H21N3/c17-9-13-19(14-16-6-10-18-11-7-16)12-8-15-4-2-1-3-5-15/h1-7,10-11H,8-9,12-14,17H2. The van der Waals surface area contributed by atoms with E-state index in [0.29, 0.717) is 6.54 Å². The third-order valence-corrected chi connectivity index (χ3v) is 3.16. The SMILES string of the molecule is NCCN(CCc1ccccc1)Cc1ccncc1. The zero-order valence-electron chi connectivity index (χ0n) is 11.2. The fourth-order valence-electron chi connectivity index (χ4n) is 2.13. The van der Waals surface area contributed by atoms with E-state index in [2.05, 4.69) is 52.3 Å². The molecule has 0 aliphatic heterocycles. The fraction of sp³-hybridized carbons (Fsp3) is 0.312. The van der Waals surface area contributed by atoms with Gasteiger partial charge in [0.15, 0.2) is 0 Å². The number of hydrogen-bond acceptors (Lipinski definition) is 3. The summed E-state index contributed by atoms with van der Waals surface area (Å²) in [6.45, 7) is 3.59. The summed E-state index contributed by atoms with van der Waals surface area (Å²) >= 11 is 0. The minimum atomic E-state index is 0.694. The molecule has 2 aromatic rings. The van der Waals surface area contributed by atoms with Gasteiger partial charge in [-0.15, -0.1) is 0 Å². The van der Waals surface area contributed by atoms with Gasteiger partial charge in [0.25, 0.3) is 0 Å². The van der Waals surface area contributed by atoms with Gasteiger partial charge in [0.2, 0.25) is 0 Å². The first kappa shape index (κ1) is 13.7. The van der Waals surface area contributed by atoms with Crippen LogP contribution in [-0.2, 0) is 13.0 Å². The van der Waals surface area contributed by atoms with Crippen LogP contribution in [0.15, 0.2) is 54.9 Å². The van der Waals surface area contributed by atoms with Gasteiger partial charge in [-0.3, -0.25) is 9.88 Å². The van der Waals surface area contributed by atoms with E-state index < -0.39 is 0 Å². The van der Waals surface area contributed by atoms with Crippen molar-refractivity contribution >= 4 is 0 Å². The minimum Gasteiger partial charge on any atom is -0.329 e. The van der Waals surface area contributed by atoms with Crippen LogP contribution in [0.4, 0.5) is 0 Å². The van der Waals surface area contributed by atoms with Crippen LogP contribution in [0, 0.1) is 0 Å². The molecular formula is C16H21N3. The Hall–Kier alpha value is -1.71. The molecule has 100 valence electrons. The first-order valence-corrected chi connectivity index (χ1v) is 6.74. The molecule has 0 spiro atoms. The van der Waals surface area contributed by atoms with Gasteiger partial charge >= 0.3 is 0 Å². The maximum absolute atomic E-state index is 5.70. The maximum Gasteiger partial charge on any atom is 0.0271 e. The van der Waals surface area contributed by atoms with Crippen molar-refractivity contribution in [1.82, 2.24) is 9.88 Å². The predicted molar refractivity (Wildman–Crippen MR) is 78.7 cm³/mol. The lowest BCUT2D eigenvalue weighted by molar-refractivity contribution is 0.276. The van der Waals surface area contributed by atoms with E-state index in [0.717, 1.165) is 26.1 Å². The number of nitrogens with two attached hydrogens (primary N) is 1. The van der Waals surface area contributed by atoms with Crippen molar-refractivity contribution < 1.29 is 0 Å². The quantitative estimate of drug-likeness (QED) is 0.823. The van der Waals surface area contributed by atoms with Gasteiger partial charge in [0.05, 0.1) is 0 Å². The van der Waals surface area contributed by atoms with Crippen LogP contribution in [0.3, 0.4) is 0 Å². The van der Waals surface area contributed by atoms with Gasteiger partial charge in [-0.25, -0.2) is 0 Å². The number of rotatable bonds is 7. The average molecular weight is 255 g/mol. The highest BCUT2D eigenvalue weighted by Gasteiger charge is 2.05. The van der Waals surface area contributed by atoms with Crippen LogP contribution < -0.4 is 5.73 Å². The van der Waals surface area contributed by atoms with Gasteiger partial charge in [-0.1, -0.05) is 30.3 Å². The fourth-order valence-corrected chi connectivity index (χ4v) is 2.13. The molecule has 0 amide bonds. The monoisotopic (exact) mass is 255 g/mol. The number of nitrogens with zero attached hydrogens (tertiary/aromatic N) is 2. The molecule has 0 unspecified atom stereocenters. The van der Waals surface area contributed by atoms with Crippen LogP contribution >= 0.6 is 0 Å². The van der Waals surface area contributed by atoms with Crippen LogP contribution in [0.5, 0.6) is 0 Å². The number of benzene rings is 1. The molecule has 1 aromatic carbocycles. The summed E-state index contributed by atoms with van der Waals surface area (Å²) in [6.07, 6.45) is 4.74. The highest BCUT2D eigenvalue weighted by Crippen LogP contribution is 2.06. The van der Waals surface area contributed by atoms with Gasteiger partial charge in [0.1, 0.15) is 0 Å². The lowest BCUT2D eigenvalue weighted by Gasteiger charge is -2.21. The molecule has 1 heterocycles. The van der Waals surface area contributed by atoms with Crippen LogP contribution in [0.25, 0.3) is 0 Å². The first-order valence-electron chi connectivity index (χ1n) is 6.74. The molecule has 0 aliphatic carbocycles. The Labute approximate surface area is 115 Å². The first-order chi connectivity index (χ1) is 9.38. The third kappa shape index (κ3) is 4.81. The van der Waals surface area contributed by atoms with E-state index in [1.165, 1.54) is 11.1 Å². The lowest BCUT2D eigenvalue weighted by Crippen LogP contribution is -2.31. The second kappa shape index (κ2) is 7.67. The second-order valence-electron chi connectivity index (χ2n) is 4.66. The number of hydrogen-bond donors (Lipinski definition) is 1. The van der Waals surface area contributed by atoms with Gasteiger partial charge in [-0.2, -0.15) is 0 Å². The summed E-state index contributed by atoms with van der Waals surface area (Å²) in [5.41, 5.74) is 8.36. The van der Waals surface area contributed by atoms with Crippen molar-refractivity contribution in [2.24, 2.45) is 5.73 Å². The number of pyridine rings is 1. The van der Waals surface area contributed by atoms with Gasteiger partial charge in [0, 0.05) is 38.6 Å². The molecule has 2 rings (SSSR count). The van der Waals surface area contributed by atoms with Crippen molar-refractivity contribution in [3.8, 4) is 0 Å². The van der Waals surface area contributed by atoms with E-state index in [-0.39, 0.29) is 0 Å². The van der Waals surface area contributed by atoms with Crippen molar-refractivity contribution in [2.45, 2.75) is 13.0 Å². The molecule has 3 nitrogen and oxygen atoms in total. The van der Waals surface area contributed by atoms with E-state index in [9.17, 15) is 0 Å². The summed E-state index contributed by atoms with van der Waals surface area (Å²) in [5, 5.41) is 0. The summed E-state index contributed by atoms with van der Waals surface area (Å²) in [4.78, 5) is 6.44. The largest absolute Gasteiger partial charge is 0.329 e. The molecule has 0 bridgehead atoms. The minimum absolute atomic E-state index is 0.694. The Bertz CT molecular complexity index is 456. The average Bonchev–Trinajstić information content (AvgIpc) is 2.47. The van der Waals surface area contributed by atoms with E-state index in [4.69, 9.17) is 5.73 Å². The van der Waals surface area contributed by atoms with Crippen molar-refractivity contribution in [3.63, 3.8) is 0 Å². The molecule has 0 saturated carbocycles. The van der Waals surface area contributed by atoms with E-state index >= 15 is 0 Å². The maximum atomic E-state index is 5.70. The summed E-state index contributed by atoms with van der Waals surface area (Å²) < 4.78 is 0. The Balaban J connectivity index is 1.89. The van der Waals surface area contributed by atoms with Gasteiger partial charge in [-0.05, 0) is 29.7 Å². The number of aromatic nitrogens is 1. The molecule has 0 aliphatic rings. The Morgan fingerprint density at radius 1 is 0.895 bits per heavy atom. The molecule has 1 aromatic heterocycles. The summed E-state index contributed by atoms with van der Waals surface area (Å²) in [7, 11) is 0. The Morgan fingerprint density at radius 3 is 2.32 bits per heavy atom.